The van der Waals surface area contributed by atoms with Gasteiger partial charge in [0.05, 0.1) is 6.61 Å². The molecule has 0 atom stereocenters. The second-order valence-corrected chi connectivity index (χ2v) is 5.41. The molecule has 1 rings (SSSR count). The van der Waals surface area contributed by atoms with Gasteiger partial charge in [-0.3, -0.25) is 0 Å². The van der Waals surface area contributed by atoms with Crippen LogP contribution in [-0.4, -0.2) is 23.1 Å². The highest BCUT2D eigenvalue weighted by Crippen LogP contribution is 2.13. The molecule has 4 nitrogen and oxygen atoms in total. The first kappa shape index (κ1) is 14.9. The van der Waals surface area contributed by atoms with Gasteiger partial charge in [-0.25, -0.2) is 9.97 Å². The zero-order valence-electron chi connectivity index (χ0n) is 11.9. The van der Waals surface area contributed by atoms with Crippen molar-refractivity contribution in [1.29, 1.82) is 0 Å². The number of nitrogens with one attached hydrogen (secondary N) is 1. The van der Waals surface area contributed by atoms with Crippen LogP contribution in [0.4, 0.5) is 0 Å². The average Bonchev–Trinajstić information content (AvgIpc) is 2.30. The zero-order valence-corrected chi connectivity index (χ0v) is 11.9. The summed E-state index contributed by atoms with van der Waals surface area (Å²) in [6.07, 6.45) is 4.41. The maximum absolute atomic E-state index is 5.71. The number of hydrogen-bond acceptors (Lipinski definition) is 4. The van der Waals surface area contributed by atoms with E-state index in [2.05, 4.69) is 43.0 Å². The van der Waals surface area contributed by atoms with E-state index >= 15 is 0 Å². The van der Waals surface area contributed by atoms with E-state index in [9.17, 15) is 0 Å². The summed E-state index contributed by atoms with van der Waals surface area (Å²) in [5.41, 5.74) is 1.03. The Kier molecular flexibility index (Phi) is 6.65. The molecule has 0 radical (unpaired) electrons. The Bertz CT molecular complexity index is 307. The molecule has 0 amide bonds. The lowest BCUT2D eigenvalue weighted by molar-refractivity contribution is 0.275. The number of nitrogens with zero attached hydrogens (tertiary/aromatic N) is 2. The number of rotatable bonds is 8. The molecule has 0 aliphatic carbocycles. The minimum Gasteiger partial charge on any atom is -0.477 e. The highest BCUT2D eigenvalue weighted by atomic mass is 16.5. The first-order chi connectivity index (χ1) is 8.59. The van der Waals surface area contributed by atoms with E-state index in [0.717, 1.165) is 25.1 Å². The van der Waals surface area contributed by atoms with Gasteiger partial charge in [0.15, 0.2) is 0 Å². The van der Waals surface area contributed by atoms with Crippen molar-refractivity contribution in [2.75, 3.05) is 13.2 Å². The lowest BCUT2D eigenvalue weighted by Gasteiger charge is -2.12. The summed E-state index contributed by atoms with van der Waals surface area (Å²) >= 11 is 0. The third kappa shape index (κ3) is 5.96. The van der Waals surface area contributed by atoms with Crippen molar-refractivity contribution in [2.24, 2.45) is 11.8 Å². The molecule has 0 spiro atoms. The molecule has 4 heteroatoms. The zero-order chi connectivity index (χ0) is 13.4. The van der Waals surface area contributed by atoms with Crippen LogP contribution < -0.4 is 10.1 Å². The standard InChI is InChI=1S/C14H25N3O/c1-11(2)5-6-18-14-13(9-16-10-17-14)8-15-7-12(3)4/h9-12,15H,5-8H2,1-4H3. The SMILES string of the molecule is CC(C)CCOc1ncncc1CNCC(C)C. The largest absolute Gasteiger partial charge is 0.477 e. The third-order valence-corrected chi connectivity index (χ3v) is 2.55. The third-order valence-electron chi connectivity index (χ3n) is 2.55. The van der Waals surface area contributed by atoms with Gasteiger partial charge in [-0.2, -0.15) is 0 Å². The van der Waals surface area contributed by atoms with E-state index in [1.54, 1.807) is 0 Å². The molecule has 1 aromatic heterocycles. The molecule has 0 saturated heterocycles. The Hall–Kier alpha value is -1.16. The molecular weight excluding hydrogens is 226 g/mol. The summed E-state index contributed by atoms with van der Waals surface area (Å²) in [5.74, 6) is 2.00. The minimum atomic E-state index is 0.639. The number of ether oxygens (including phenoxy) is 1. The Morgan fingerprint density at radius 2 is 2.00 bits per heavy atom. The van der Waals surface area contributed by atoms with Crippen molar-refractivity contribution in [3.63, 3.8) is 0 Å². The first-order valence-electron chi connectivity index (χ1n) is 6.72. The predicted molar refractivity (Wildman–Crippen MR) is 73.5 cm³/mol. The summed E-state index contributed by atoms with van der Waals surface area (Å²) in [4.78, 5) is 8.26. The normalized spacial score (nSPS) is 11.2. The topological polar surface area (TPSA) is 47.0 Å². The van der Waals surface area contributed by atoms with Crippen molar-refractivity contribution in [2.45, 2.75) is 40.7 Å². The van der Waals surface area contributed by atoms with Crippen molar-refractivity contribution < 1.29 is 4.74 Å². The molecule has 0 unspecified atom stereocenters. The molecule has 0 aliphatic rings. The van der Waals surface area contributed by atoms with Crippen LogP contribution in [0.1, 0.15) is 39.7 Å². The first-order valence-corrected chi connectivity index (χ1v) is 6.72. The van der Waals surface area contributed by atoms with Gasteiger partial charge in [0.2, 0.25) is 5.88 Å². The second kappa shape index (κ2) is 8.03. The minimum absolute atomic E-state index is 0.639. The van der Waals surface area contributed by atoms with Crippen LogP contribution in [-0.2, 0) is 6.54 Å². The second-order valence-electron chi connectivity index (χ2n) is 5.41. The van der Waals surface area contributed by atoms with Gasteiger partial charge in [0, 0.05) is 18.3 Å². The lowest BCUT2D eigenvalue weighted by atomic mass is 10.1. The Morgan fingerprint density at radius 1 is 1.22 bits per heavy atom. The molecule has 18 heavy (non-hydrogen) atoms. The van der Waals surface area contributed by atoms with Crippen LogP contribution in [0.2, 0.25) is 0 Å². The molecule has 0 aromatic carbocycles. The van der Waals surface area contributed by atoms with Crippen LogP contribution in [0, 0.1) is 11.8 Å². The van der Waals surface area contributed by atoms with E-state index in [-0.39, 0.29) is 0 Å². The molecule has 0 aliphatic heterocycles. The fourth-order valence-corrected chi connectivity index (χ4v) is 1.49. The van der Waals surface area contributed by atoms with Crippen LogP contribution >= 0.6 is 0 Å². The van der Waals surface area contributed by atoms with Crippen molar-refractivity contribution in [1.82, 2.24) is 15.3 Å². The number of hydrogen-bond donors (Lipinski definition) is 1. The van der Waals surface area contributed by atoms with Gasteiger partial charge in [-0.15, -0.1) is 0 Å². The van der Waals surface area contributed by atoms with Crippen LogP contribution in [0.5, 0.6) is 5.88 Å². The smallest absolute Gasteiger partial charge is 0.220 e. The fourth-order valence-electron chi connectivity index (χ4n) is 1.49. The molecule has 0 bridgehead atoms. The van der Waals surface area contributed by atoms with Crippen LogP contribution in [0.15, 0.2) is 12.5 Å². The maximum Gasteiger partial charge on any atom is 0.220 e. The van der Waals surface area contributed by atoms with E-state index in [0.29, 0.717) is 24.3 Å². The van der Waals surface area contributed by atoms with Crippen LogP contribution in [0.3, 0.4) is 0 Å². The molecule has 1 heterocycles. The summed E-state index contributed by atoms with van der Waals surface area (Å²) < 4.78 is 5.71. The van der Waals surface area contributed by atoms with Gasteiger partial charge in [0.1, 0.15) is 6.33 Å². The average molecular weight is 251 g/mol. The molecule has 102 valence electrons. The highest BCUT2D eigenvalue weighted by molar-refractivity contribution is 5.21. The van der Waals surface area contributed by atoms with E-state index < -0.39 is 0 Å². The lowest BCUT2D eigenvalue weighted by Crippen LogP contribution is -2.20. The molecule has 0 saturated carbocycles. The molecule has 1 N–H and O–H groups in total. The fraction of sp³-hybridized carbons (Fsp3) is 0.714. The van der Waals surface area contributed by atoms with E-state index in [4.69, 9.17) is 4.74 Å². The van der Waals surface area contributed by atoms with Crippen molar-refractivity contribution in [3.05, 3.63) is 18.1 Å². The summed E-state index contributed by atoms with van der Waals surface area (Å²) in [6.45, 7) is 11.2. The van der Waals surface area contributed by atoms with Crippen LogP contribution in [0.25, 0.3) is 0 Å². The summed E-state index contributed by atoms with van der Waals surface area (Å²) in [5, 5.41) is 3.38. The number of aromatic nitrogens is 2. The van der Waals surface area contributed by atoms with Gasteiger partial charge in [0.25, 0.3) is 0 Å². The van der Waals surface area contributed by atoms with Gasteiger partial charge in [-0.05, 0) is 24.8 Å². The Balaban J connectivity index is 2.45. The van der Waals surface area contributed by atoms with Gasteiger partial charge < -0.3 is 10.1 Å². The monoisotopic (exact) mass is 251 g/mol. The Labute approximate surface area is 110 Å². The van der Waals surface area contributed by atoms with E-state index in [1.807, 2.05) is 6.20 Å². The maximum atomic E-state index is 5.71. The quantitative estimate of drug-likeness (QED) is 0.771. The summed E-state index contributed by atoms with van der Waals surface area (Å²) in [7, 11) is 0. The molecule has 1 aromatic rings. The van der Waals surface area contributed by atoms with Crippen molar-refractivity contribution in [3.8, 4) is 5.88 Å². The Morgan fingerprint density at radius 3 is 2.67 bits per heavy atom. The van der Waals surface area contributed by atoms with Gasteiger partial charge in [-0.1, -0.05) is 27.7 Å². The van der Waals surface area contributed by atoms with Crippen molar-refractivity contribution >= 4 is 0 Å². The molecule has 0 fully saturated rings. The van der Waals surface area contributed by atoms with E-state index in [1.165, 1.54) is 6.33 Å². The predicted octanol–water partition coefficient (Wildman–Crippen LogP) is 2.65. The molecular formula is C14H25N3O. The van der Waals surface area contributed by atoms with Gasteiger partial charge >= 0.3 is 0 Å². The highest BCUT2D eigenvalue weighted by Gasteiger charge is 2.06. The summed E-state index contributed by atoms with van der Waals surface area (Å²) in [6, 6.07) is 0.